The number of benzene rings is 2. The average Bonchev–Trinajstić information content (AvgIpc) is 3.02. The topological polar surface area (TPSA) is 97.4 Å². The largest absolute Gasteiger partial charge is 0.465 e. The van der Waals surface area contributed by atoms with E-state index in [4.69, 9.17) is 0 Å². The highest BCUT2D eigenvalue weighted by molar-refractivity contribution is 7.22. The van der Waals surface area contributed by atoms with Gasteiger partial charge >= 0.3 is 5.97 Å². The Labute approximate surface area is 153 Å². The summed E-state index contributed by atoms with van der Waals surface area (Å²) in [4.78, 5) is 39.2. The maximum Gasteiger partial charge on any atom is 0.337 e. The Kier molecular flexibility index (Phi) is 4.94. The molecular formula is C18H15N3O4S. The molecule has 0 saturated heterocycles. The number of aromatic nitrogens is 1. The molecule has 0 spiro atoms. The molecule has 2 aromatic carbocycles. The van der Waals surface area contributed by atoms with Gasteiger partial charge in [0.2, 0.25) is 5.91 Å². The van der Waals surface area contributed by atoms with Gasteiger partial charge < -0.3 is 10.1 Å². The molecule has 3 rings (SSSR count). The minimum absolute atomic E-state index is 0.155. The molecule has 1 aromatic heterocycles. The summed E-state index contributed by atoms with van der Waals surface area (Å²) in [5.41, 5.74) is 2.16. The van der Waals surface area contributed by atoms with E-state index < -0.39 is 5.97 Å². The summed E-state index contributed by atoms with van der Waals surface area (Å²) in [6.07, 6.45) is 0. The van der Waals surface area contributed by atoms with Crippen LogP contribution in [0.4, 0.5) is 10.8 Å². The zero-order valence-corrected chi connectivity index (χ0v) is 14.8. The summed E-state index contributed by atoms with van der Waals surface area (Å²) in [6.45, 7) is 1.44. The van der Waals surface area contributed by atoms with Gasteiger partial charge in [0.25, 0.3) is 5.91 Å². The number of carbonyl (C=O) groups excluding carboxylic acids is 3. The molecule has 132 valence electrons. The number of anilines is 2. The van der Waals surface area contributed by atoms with Crippen LogP contribution in [-0.2, 0) is 9.53 Å². The number of nitrogens with zero attached hydrogens (tertiary/aromatic N) is 1. The zero-order valence-electron chi connectivity index (χ0n) is 14.0. The molecule has 0 aliphatic rings. The van der Waals surface area contributed by atoms with Crippen LogP contribution in [0.3, 0.4) is 0 Å². The Balaban J connectivity index is 1.76. The highest BCUT2D eigenvalue weighted by Gasteiger charge is 2.12. The van der Waals surface area contributed by atoms with Crippen molar-refractivity contribution in [2.45, 2.75) is 6.92 Å². The Morgan fingerprint density at radius 3 is 2.35 bits per heavy atom. The number of methoxy groups -OCH3 is 1. The predicted molar refractivity (Wildman–Crippen MR) is 99.7 cm³/mol. The lowest BCUT2D eigenvalue weighted by Crippen LogP contribution is -2.12. The third-order valence-corrected chi connectivity index (χ3v) is 4.43. The van der Waals surface area contributed by atoms with Crippen molar-refractivity contribution in [2.75, 3.05) is 17.7 Å². The number of hydrogen-bond donors (Lipinski definition) is 2. The van der Waals surface area contributed by atoms with E-state index in [-0.39, 0.29) is 11.8 Å². The number of rotatable bonds is 4. The predicted octanol–water partition coefficient (Wildman–Crippen LogP) is 3.29. The van der Waals surface area contributed by atoms with Crippen LogP contribution in [0, 0.1) is 0 Å². The van der Waals surface area contributed by atoms with Crippen LogP contribution >= 0.6 is 11.3 Å². The average molecular weight is 369 g/mol. The lowest BCUT2D eigenvalue weighted by Gasteiger charge is -2.03. The first-order chi connectivity index (χ1) is 12.5. The van der Waals surface area contributed by atoms with Crippen molar-refractivity contribution in [1.82, 2.24) is 4.98 Å². The minimum Gasteiger partial charge on any atom is -0.465 e. The smallest absolute Gasteiger partial charge is 0.337 e. The first kappa shape index (κ1) is 17.6. The second-order valence-electron chi connectivity index (χ2n) is 5.41. The molecule has 3 aromatic rings. The van der Waals surface area contributed by atoms with Gasteiger partial charge in [0.15, 0.2) is 5.13 Å². The summed E-state index contributed by atoms with van der Waals surface area (Å²) in [6, 6.07) is 11.5. The van der Waals surface area contributed by atoms with Crippen LogP contribution in [0.25, 0.3) is 10.2 Å². The van der Waals surface area contributed by atoms with E-state index in [0.29, 0.717) is 21.9 Å². The molecule has 0 saturated carbocycles. The molecule has 2 amide bonds. The summed E-state index contributed by atoms with van der Waals surface area (Å²) >= 11 is 1.30. The fourth-order valence-electron chi connectivity index (χ4n) is 2.30. The van der Waals surface area contributed by atoms with Crippen LogP contribution < -0.4 is 10.6 Å². The standard InChI is InChI=1S/C18H15N3O4S/c1-10(22)19-13-7-8-14-15(9-13)26-18(20-14)21-16(23)11-3-5-12(6-4-11)17(24)25-2/h3-9H,1-2H3,(H,19,22)(H,20,21,23). The Morgan fingerprint density at radius 1 is 1.00 bits per heavy atom. The van der Waals surface area contributed by atoms with Gasteiger partial charge in [0, 0.05) is 18.2 Å². The molecule has 2 N–H and O–H groups in total. The third kappa shape index (κ3) is 3.86. The number of amides is 2. The fourth-order valence-corrected chi connectivity index (χ4v) is 3.20. The molecule has 26 heavy (non-hydrogen) atoms. The molecule has 7 nitrogen and oxygen atoms in total. The first-order valence-electron chi connectivity index (χ1n) is 7.64. The van der Waals surface area contributed by atoms with E-state index in [2.05, 4.69) is 20.4 Å². The van der Waals surface area contributed by atoms with Crippen molar-refractivity contribution in [2.24, 2.45) is 0 Å². The van der Waals surface area contributed by atoms with E-state index in [1.165, 1.54) is 37.5 Å². The number of fused-ring (bicyclic) bond motifs is 1. The number of esters is 1. The quantitative estimate of drug-likeness (QED) is 0.688. The van der Waals surface area contributed by atoms with Crippen molar-refractivity contribution in [3.63, 3.8) is 0 Å². The maximum atomic E-state index is 12.3. The number of hydrogen-bond acceptors (Lipinski definition) is 6. The van der Waals surface area contributed by atoms with Gasteiger partial charge in [-0.1, -0.05) is 11.3 Å². The first-order valence-corrected chi connectivity index (χ1v) is 8.46. The monoisotopic (exact) mass is 369 g/mol. The van der Waals surface area contributed by atoms with Crippen molar-refractivity contribution >= 4 is 50.2 Å². The van der Waals surface area contributed by atoms with Crippen LogP contribution in [-0.4, -0.2) is 29.9 Å². The van der Waals surface area contributed by atoms with Gasteiger partial charge in [0.1, 0.15) is 0 Å². The summed E-state index contributed by atoms with van der Waals surface area (Å²) < 4.78 is 5.47. The highest BCUT2D eigenvalue weighted by atomic mass is 32.1. The fraction of sp³-hybridized carbons (Fsp3) is 0.111. The summed E-state index contributed by atoms with van der Waals surface area (Å²) in [5, 5.41) is 5.89. The van der Waals surface area contributed by atoms with E-state index >= 15 is 0 Å². The third-order valence-electron chi connectivity index (χ3n) is 3.50. The number of nitrogens with one attached hydrogen (secondary N) is 2. The van der Waals surface area contributed by atoms with Crippen molar-refractivity contribution in [3.8, 4) is 0 Å². The second kappa shape index (κ2) is 7.32. The van der Waals surface area contributed by atoms with E-state index in [0.717, 1.165) is 10.2 Å². The van der Waals surface area contributed by atoms with Gasteiger partial charge in [0.05, 0.1) is 22.9 Å². The summed E-state index contributed by atoms with van der Waals surface area (Å²) in [5.74, 6) is -0.946. The van der Waals surface area contributed by atoms with E-state index in [1.54, 1.807) is 30.3 Å². The number of ether oxygens (including phenoxy) is 1. The SMILES string of the molecule is COC(=O)c1ccc(C(=O)Nc2nc3ccc(NC(C)=O)cc3s2)cc1. The molecule has 0 unspecified atom stereocenters. The molecule has 0 bridgehead atoms. The summed E-state index contributed by atoms with van der Waals surface area (Å²) in [7, 11) is 1.30. The van der Waals surface area contributed by atoms with Crippen LogP contribution in [0.2, 0.25) is 0 Å². The Morgan fingerprint density at radius 2 is 1.69 bits per heavy atom. The maximum absolute atomic E-state index is 12.3. The molecular weight excluding hydrogens is 354 g/mol. The van der Waals surface area contributed by atoms with Gasteiger partial charge in [-0.25, -0.2) is 9.78 Å². The Hall–Kier alpha value is -3.26. The van der Waals surface area contributed by atoms with Crippen molar-refractivity contribution in [3.05, 3.63) is 53.6 Å². The molecule has 0 fully saturated rings. The molecule has 0 aliphatic carbocycles. The van der Waals surface area contributed by atoms with Crippen molar-refractivity contribution < 1.29 is 19.1 Å². The molecule has 0 atom stereocenters. The van der Waals surface area contributed by atoms with Crippen LogP contribution in [0.15, 0.2) is 42.5 Å². The molecule has 0 aliphatic heterocycles. The second-order valence-corrected chi connectivity index (χ2v) is 6.44. The van der Waals surface area contributed by atoms with Gasteiger partial charge in [-0.3, -0.25) is 14.9 Å². The van der Waals surface area contributed by atoms with Gasteiger partial charge in [-0.05, 0) is 42.5 Å². The van der Waals surface area contributed by atoms with E-state index in [1.807, 2.05) is 0 Å². The molecule has 0 radical (unpaired) electrons. The van der Waals surface area contributed by atoms with Crippen molar-refractivity contribution in [1.29, 1.82) is 0 Å². The molecule has 1 heterocycles. The molecule has 8 heteroatoms. The highest BCUT2D eigenvalue weighted by Crippen LogP contribution is 2.28. The number of thiazole rings is 1. The van der Waals surface area contributed by atoms with Crippen LogP contribution in [0.1, 0.15) is 27.6 Å². The van der Waals surface area contributed by atoms with Crippen LogP contribution in [0.5, 0.6) is 0 Å². The lowest BCUT2D eigenvalue weighted by atomic mass is 10.1. The zero-order chi connectivity index (χ0) is 18.7. The van der Waals surface area contributed by atoms with Gasteiger partial charge in [-0.2, -0.15) is 0 Å². The minimum atomic E-state index is -0.460. The lowest BCUT2D eigenvalue weighted by molar-refractivity contribution is -0.114. The number of carbonyl (C=O) groups is 3. The van der Waals surface area contributed by atoms with Gasteiger partial charge in [-0.15, -0.1) is 0 Å². The normalized spacial score (nSPS) is 10.4. The Bertz CT molecular complexity index is 995. The van der Waals surface area contributed by atoms with E-state index in [9.17, 15) is 14.4 Å².